The van der Waals surface area contributed by atoms with E-state index in [0.29, 0.717) is 22.1 Å². The van der Waals surface area contributed by atoms with Gasteiger partial charge in [0.05, 0.1) is 22.3 Å². The molecule has 8 heteroatoms. The molecule has 0 saturated heterocycles. The number of nitrogens with zero attached hydrogens (tertiary/aromatic N) is 2. The van der Waals surface area contributed by atoms with Crippen LogP contribution in [0.1, 0.15) is 0 Å². The number of para-hydroxylation sites is 1. The second-order valence-electron chi connectivity index (χ2n) is 5.58. The molecule has 3 aromatic rings. The third-order valence-electron chi connectivity index (χ3n) is 3.68. The summed E-state index contributed by atoms with van der Waals surface area (Å²) in [6.07, 6.45) is 1.57. The van der Waals surface area contributed by atoms with E-state index < -0.39 is 17.5 Å². The molecule has 0 radical (unpaired) electrons. The summed E-state index contributed by atoms with van der Waals surface area (Å²) in [6, 6.07) is 9.81. The van der Waals surface area contributed by atoms with Gasteiger partial charge in [-0.3, -0.25) is 14.2 Å². The zero-order valence-corrected chi connectivity index (χ0v) is 14.9. The number of hydrogen-bond donors (Lipinski definition) is 1. The molecule has 1 N–H and O–H groups in total. The summed E-state index contributed by atoms with van der Waals surface area (Å²) in [5.41, 5.74) is 0.181. The highest BCUT2D eigenvalue weighted by atomic mass is 32.2. The summed E-state index contributed by atoms with van der Waals surface area (Å²) in [6.45, 7) is 3.88. The number of hydrogen-bond acceptors (Lipinski definition) is 4. The van der Waals surface area contributed by atoms with Gasteiger partial charge in [-0.05, 0) is 24.3 Å². The molecule has 0 unspecified atom stereocenters. The van der Waals surface area contributed by atoms with Gasteiger partial charge in [0, 0.05) is 12.6 Å². The van der Waals surface area contributed by atoms with E-state index in [4.69, 9.17) is 0 Å². The molecule has 0 spiro atoms. The quantitative estimate of drug-likeness (QED) is 0.399. The van der Waals surface area contributed by atoms with Crippen molar-refractivity contribution in [2.75, 3.05) is 11.1 Å². The van der Waals surface area contributed by atoms with Gasteiger partial charge in [-0.2, -0.15) is 0 Å². The van der Waals surface area contributed by atoms with Crippen molar-refractivity contribution in [1.82, 2.24) is 9.55 Å². The van der Waals surface area contributed by atoms with Crippen molar-refractivity contribution in [3.05, 3.63) is 77.1 Å². The van der Waals surface area contributed by atoms with Crippen molar-refractivity contribution in [3.63, 3.8) is 0 Å². The number of halogens is 2. The molecule has 1 amide bonds. The van der Waals surface area contributed by atoms with E-state index in [-0.39, 0.29) is 23.5 Å². The predicted octanol–water partition coefficient (Wildman–Crippen LogP) is 3.59. The number of carbonyl (C=O) groups excluding carboxylic acids is 1. The van der Waals surface area contributed by atoms with Crippen molar-refractivity contribution in [2.45, 2.75) is 11.7 Å². The largest absolute Gasteiger partial charge is 0.323 e. The van der Waals surface area contributed by atoms with Gasteiger partial charge in [0.25, 0.3) is 5.56 Å². The number of aromatic nitrogens is 2. The number of thioether (sulfide) groups is 1. The van der Waals surface area contributed by atoms with Crippen molar-refractivity contribution in [3.8, 4) is 0 Å². The first-order chi connectivity index (χ1) is 13.0. The maximum absolute atomic E-state index is 13.6. The van der Waals surface area contributed by atoms with Gasteiger partial charge in [0.2, 0.25) is 5.91 Å². The Labute approximate surface area is 157 Å². The molecule has 5 nitrogen and oxygen atoms in total. The first-order valence-electron chi connectivity index (χ1n) is 7.98. The average molecular weight is 387 g/mol. The van der Waals surface area contributed by atoms with Crippen molar-refractivity contribution in [1.29, 1.82) is 0 Å². The fourth-order valence-electron chi connectivity index (χ4n) is 2.46. The summed E-state index contributed by atoms with van der Waals surface area (Å²) in [5, 5.41) is 3.20. The highest BCUT2D eigenvalue weighted by molar-refractivity contribution is 7.99. The van der Waals surface area contributed by atoms with Crippen LogP contribution in [0.4, 0.5) is 14.5 Å². The SMILES string of the molecule is C=CCn1c(SCC(=O)Nc2ccc(F)cc2F)nc2ccccc2c1=O. The number of anilines is 1. The van der Waals surface area contributed by atoms with Crippen LogP contribution in [-0.2, 0) is 11.3 Å². The van der Waals surface area contributed by atoms with E-state index in [1.807, 2.05) is 0 Å². The molecule has 1 heterocycles. The van der Waals surface area contributed by atoms with Gasteiger partial charge < -0.3 is 5.32 Å². The van der Waals surface area contributed by atoms with Crippen LogP contribution in [0.3, 0.4) is 0 Å². The Morgan fingerprint density at radius 2 is 2.04 bits per heavy atom. The fourth-order valence-corrected chi connectivity index (χ4v) is 3.26. The van der Waals surface area contributed by atoms with E-state index >= 15 is 0 Å². The summed E-state index contributed by atoms with van der Waals surface area (Å²) >= 11 is 1.05. The normalized spacial score (nSPS) is 10.7. The fraction of sp³-hybridized carbons (Fsp3) is 0.105. The Morgan fingerprint density at radius 3 is 2.78 bits per heavy atom. The third kappa shape index (κ3) is 4.22. The van der Waals surface area contributed by atoms with Gasteiger partial charge in [0.15, 0.2) is 5.16 Å². The molecule has 0 saturated carbocycles. The predicted molar refractivity (Wildman–Crippen MR) is 102 cm³/mol. The van der Waals surface area contributed by atoms with Crippen LogP contribution in [0.5, 0.6) is 0 Å². The van der Waals surface area contributed by atoms with Gasteiger partial charge >= 0.3 is 0 Å². The summed E-state index contributed by atoms with van der Waals surface area (Å²) in [7, 11) is 0. The van der Waals surface area contributed by atoms with Crippen LogP contribution in [0.2, 0.25) is 0 Å². The Balaban J connectivity index is 1.81. The molecule has 0 aliphatic carbocycles. The zero-order valence-electron chi connectivity index (χ0n) is 14.1. The lowest BCUT2D eigenvalue weighted by Crippen LogP contribution is -2.23. The number of amides is 1. The molecule has 138 valence electrons. The minimum absolute atomic E-state index is 0.0985. The van der Waals surface area contributed by atoms with Crippen molar-refractivity contribution < 1.29 is 13.6 Å². The molecule has 0 fully saturated rings. The van der Waals surface area contributed by atoms with E-state index in [1.165, 1.54) is 4.57 Å². The zero-order chi connectivity index (χ0) is 19.4. The van der Waals surface area contributed by atoms with E-state index in [9.17, 15) is 18.4 Å². The Bertz CT molecular complexity index is 1080. The molecule has 27 heavy (non-hydrogen) atoms. The second kappa shape index (κ2) is 8.13. The minimum Gasteiger partial charge on any atom is -0.323 e. The smallest absolute Gasteiger partial charge is 0.262 e. The first-order valence-corrected chi connectivity index (χ1v) is 8.96. The van der Waals surface area contributed by atoms with Crippen LogP contribution < -0.4 is 10.9 Å². The number of benzene rings is 2. The van der Waals surface area contributed by atoms with E-state index in [0.717, 1.165) is 23.9 Å². The average Bonchev–Trinajstić information content (AvgIpc) is 2.65. The second-order valence-corrected chi connectivity index (χ2v) is 6.52. The molecule has 3 rings (SSSR count). The van der Waals surface area contributed by atoms with E-state index in [1.54, 1.807) is 30.3 Å². The lowest BCUT2D eigenvalue weighted by Gasteiger charge is -2.11. The molecule has 2 aromatic carbocycles. The lowest BCUT2D eigenvalue weighted by molar-refractivity contribution is -0.113. The number of carbonyl (C=O) groups is 1. The number of rotatable bonds is 6. The molecule has 1 aromatic heterocycles. The van der Waals surface area contributed by atoms with Crippen LogP contribution >= 0.6 is 11.8 Å². The summed E-state index contributed by atoms with van der Waals surface area (Å²) < 4.78 is 28.0. The van der Waals surface area contributed by atoms with Crippen molar-refractivity contribution >= 4 is 34.3 Å². The van der Waals surface area contributed by atoms with Gasteiger partial charge in [-0.25, -0.2) is 13.8 Å². The Hall–Kier alpha value is -3.00. The highest BCUT2D eigenvalue weighted by Crippen LogP contribution is 2.19. The minimum atomic E-state index is -0.860. The molecular formula is C19H15F2N3O2S. The standard InChI is InChI=1S/C19H15F2N3O2S/c1-2-9-24-18(26)13-5-3-4-6-15(13)23-19(24)27-11-17(25)22-16-8-7-12(20)10-14(16)21/h2-8,10H,1,9,11H2,(H,22,25). The van der Waals surface area contributed by atoms with Gasteiger partial charge in [-0.15, -0.1) is 6.58 Å². The van der Waals surface area contributed by atoms with Gasteiger partial charge in [0.1, 0.15) is 11.6 Å². The van der Waals surface area contributed by atoms with Gasteiger partial charge in [-0.1, -0.05) is 30.0 Å². The Kier molecular flexibility index (Phi) is 5.66. The monoisotopic (exact) mass is 387 g/mol. The van der Waals surface area contributed by atoms with Crippen LogP contribution in [0.25, 0.3) is 10.9 Å². The van der Waals surface area contributed by atoms with Crippen LogP contribution in [-0.4, -0.2) is 21.2 Å². The number of fused-ring (bicyclic) bond motifs is 1. The molecule has 0 aliphatic heterocycles. The van der Waals surface area contributed by atoms with Crippen LogP contribution in [0, 0.1) is 11.6 Å². The summed E-state index contributed by atoms with van der Waals surface area (Å²) in [4.78, 5) is 29.2. The molecule has 0 bridgehead atoms. The van der Waals surface area contributed by atoms with E-state index in [2.05, 4.69) is 16.9 Å². The molecule has 0 atom stereocenters. The number of allylic oxidation sites excluding steroid dienone is 1. The first kappa shape index (κ1) is 18.8. The molecule has 0 aliphatic rings. The van der Waals surface area contributed by atoms with Crippen LogP contribution in [0.15, 0.2) is 65.1 Å². The molecular weight excluding hydrogens is 372 g/mol. The maximum atomic E-state index is 13.6. The summed E-state index contributed by atoms with van der Waals surface area (Å²) in [5.74, 6) is -2.19. The Morgan fingerprint density at radius 1 is 1.26 bits per heavy atom. The lowest BCUT2D eigenvalue weighted by atomic mass is 10.2. The number of nitrogens with one attached hydrogen (secondary N) is 1. The highest BCUT2D eigenvalue weighted by Gasteiger charge is 2.13. The third-order valence-corrected chi connectivity index (χ3v) is 4.65. The topological polar surface area (TPSA) is 64.0 Å². The maximum Gasteiger partial charge on any atom is 0.262 e. The van der Waals surface area contributed by atoms with Crippen molar-refractivity contribution in [2.24, 2.45) is 0 Å².